The van der Waals surface area contributed by atoms with Crippen LogP contribution in [0.5, 0.6) is 0 Å². The molecule has 4 nitrogen and oxygen atoms in total. The Morgan fingerprint density at radius 2 is 1.90 bits per heavy atom. The predicted octanol–water partition coefficient (Wildman–Crippen LogP) is 1.54. The Kier molecular flexibility index (Phi) is 4.91. The molecule has 0 spiro atoms. The average molecular weight is 291 g/mol. The lowest BCUT2D eigenvalue weighted by atomic mass is 9.94. The maximum absolute atomic E-state index is 10.2. The number of ether oxygens (including phenoxy) is 1. The molecule has 1 aromatic rings. The van der Waals surface area contributed by atoms with E-state index in [1.807, 2.05) is 12.1 Å². The number of morpholine rings is 1. The third kappa shape index (κ3) is 3.46. The second-order valence-electron chi connectivity index (χ2n) is 6.25. The quantitative estimate of drug-likeness (QED) is 0.883. The molecule has 3 atom stereocenters. The summed E-state index contributed by atoms with van der Waals surface area (Å²) in [6, 6.07) is 8.46. The minimum absolute atomic E-state index is 0.0920. The fourth-order valence-electron chi connectivity index (χ4n) is 3.65. The zero-order valence-electron chi connectivity index (χ0n) is 12.4. The zero-order chi connectivity index (χ0) is 14.7. The van der Waals surface area contributed by atoms with Gasteiger partial charge in [0.2, 0.25) is 0 Å². The highest BCUT2D eigenvalue weighted by Crippen LogP contribution is 2.32. The van der Waals surface area contributed by atoms with E-state index in [1.54, 1.807) is 0 Å². The molecule has 0 amide bonds. The molecule has 1 saturated heterocycles. The summed E-state index contributed by atoms with van der Waals surface area (Å²) in [5.74, 6) is 0.349. The van der Waals surface area contributed by atoms with Crippen LogP contribution in [0.1, 0.15) is 30.4 Å². The van der Waals surface area contributed by atoms with Gasteiger partial charge >= 0.3 is 0 Å². The maximum Gasteiger partial charge on any atom is 0.0681 e. The molecule has 116 valence electrons. The lowest BCUT2D eigenvalue weighted by Crippen LogP contribution is -2.50. The van der Waals surface area contributed by atoms with Crippen molar-refractivity contribution in [1.29, 1.82) is 0 Å². The van der Waals surface area contributed by atoms with Gasteiger partial charge in [-0.05, 0) is 24.0 Å². The van der Waals surface area contributed by atoms with Crippen molar-refractivity contribution >= 4 is 0 Å². The number of hydrogen-bond acceptors (Lipinski definition) is 4. The topological polar surface area (TPSA) is 52.9 Å². The van der Waals surface area contributed by atoms with Gasteiger partial charge in [0.15, 0.2) is 0 Å². The molecule has 0 aromatic heterocycles. The van der Waals surface area contributed by atoms with Crippen molar-refractivity contribution in [2.45, 2.75) is 44.6 Å². The van der Waals surface area contributed by atoms with Crippen molar-refractivity contribution in [2.24, 2.45) is 5.92 Å². The first-order chi connectivity index (χ1) is 10.3. The van der Waals surface area contributed by atoms with Crippen molar-refractivity contribution < 1.29 is 14.9 Å². The van der Waals surface area contributed by atoms with Gasteiger partial charge in [0.25, 0.3) is 0 Å². The smallest absolute Gasteiger partial charge is 0.0681 e. The fourth-order valence-corrected chi connectivity index (χ4v) is 3.65. The summed E-state index contributed by atoms with van der Waals surface area (Å²) in [6.45, 7) is 3.41. The molecule has 1 aliphatic heterocycles. The molecule has 4 heteroatoms. The van der Waals surface area contributed by atoms with Gasteiger partial charge in [0, 0.05) is 25.0 Å². The highest BCUT2D eigenvalue weighted by atomic mass is 16.5. The molecule has 2 aliphatic rings. The number of rotatable bonds is 4. The highest BCUT2D eigenvalue weighted by Gasteiger charge is 2.37. The predicted molar refractivity (Wildman–Crippen MR) is 80.7 cm³/mol. The van der Waals surface area contributed by atoms with E-state index < -0.39 is 0 Å². The summed E-state index contributed by atoms with van der Waals surface area (Å²) in [7, 11) is 0. The van der Waals surface area contributed by atoms with Gasteiger partial charge in [-0.1, -0.05) is 30.7 Å². The van der Waals surface area contributed by atoms with Gasteiger partial charge in [-0.25, -0.2) is 0 Å². The summed E-state index contributed by atoms with van der Waals surface area (Å²) in [4.78, 5) is 2.46. The molecular weight excluding hydrogens is 266 g/mol. The molecular formula is C17H25NO3. The van der Waals surface area contributed by atoms with Gasteiger partial charge in [-0.2, -0.15) is 0 Å². The largest absolute Gasteiger partial charge is 0.393 e. The van der Waals surface area contributed by atoms with E-state index in [0.717, 1.165) is 51.1 Å². The highest BCUT2D eigenvalue weighted by molar-refractivity contribution is 5.22. The summed E-state index contributed by atoms with van der Waals surface area (Å²) in [5.41, 5.74) is 2.20. The van der Waals surface area contributed by atoms with Gasteiger partial charge in [-0.15, -0.1) is 0 Å². The van der Waals surface area contributed by atoms with E-state index >= 15 is 0 Å². The molecule has 2 fully saturated rings. The van der Waals surface area contributed by atoms with Crippen molar-refractivity contribution in [2.75, 3.05) is 19.8 Å². The van der Waals surface area contributed by atoms with Gasteiger partial charge in [0.1, 0.15) is 0 Å². The van der Waals surface area contributed by atoms with Gasteiger partial charge < -0.3 is 14.9 Å². The normalized spacial score (nSPS) is 30.7. The standard InChI is InChI=1S/C17H25NO3/c19-11-14-6-4-13(5-7-14)10-18-8-9-21-12-16(18)15-2-1-3-17(15)20/h4-7,15-17,19-20H,1-3,8-12H2/t15-,16-,17+/m1/s1. The van der Waals surface area contributed by atoms with Crippen molar-refractivity contribution in [3.63, 3.8) is 0 Å². The zero-order valence-corrected chi connectivity index (χ0v) is 12.4. The van der Waals surface area contributed by atoms with Crippen molar-refractivity contribution in [3.05, 3.63) is 35.4 Å². The molecule has 0 bridgehead atoms. The van der Waals surface area contributed by atoms with Crippen molar-refractivity contribution in [1.82, 2.24) is 4.90 Å². The Balaban J connectivity index is 1.68. The van der Waals surface area contributed by atoms with Crippen LogP contribution >= 0.6 is 0 Å². The first-order valence-corrected chi connectivity index (χ1v) is 7.96. The minimum Gasteiger partial charge on any atom is -0.393 e. The van der Waals surface area contributed by atoms with Gasteiger partial charge in [-0.3, -0.25) is 4.90 Å². The Morgan fingerprint density at radius 3 is 2.57 bits per heavy atom. The second-order valence-corrected chi connectivity index (χ2v) is 6.25. The van der Waals surface area contributed by atoms with E-state index in [4.69, 9.17) is 9.84 Å². The summed E-state index contributed by atoms with van der Waals surface area (Å²) in [6.07, 6.45) is 2.99. The first-order valence-electron chi connectivity index (χ1n) is 7.96. The van der Waals surface area contributed by atoms with Crippen LogP contribution in [0.4, 0.5) is 0 Å². The number of nitrogens with zero attached hydrogens (tertiary/aromatic N) is 1. The summed E-state index contributed by atoms with van der Waals surface area (Å²) >= 11 is 0. The maximum atomic E-state index is 10.2. The molecule has 21 heavy (non-hydrogen) atoms. The van der Waals surface area contributed by atoms with Crippen LogP contribution in [-0.4, -0.2) is 47.0 Å². The lowest BCUT2D eigenvalue weighted by molar-refractivity contribution is -0.0536. The molecule has 0 radical (unpaired) electrons. The number of hydrogen-bond donors (Lipinski definition) is 2. The molecule has 2 N–H and O–H groups in total. The number of benzene rings is 1. The third-order valence-electron chi connectivity index (χ3n) is 4.90. The van der Waals surface area contributed by atoms with E-state index in [1.165, 1.54) is 5.56 Å². The van der Waals surface area contributed by atoms with E-state index in [0.29, 0.717) is 12.0 Å². The number of aliphatic hydroxyl groups excluding tert-OH is 2. The summed E-state index contributed by atoms with van der Waals surface area (Å²) in [5, 5.41) is 19.3. The Bertz CT molecular complexity index is 448. The summed E-state index contributed by atoms with van der Waals surface area (Å²) < 4.78 is 5.66. The first kappa shape index (κ1) is 15.0. The minimum atomic E-state index is -0.170. The second kappa shape index (κ2) is 6.88. The van der Waals surface area contributed by atoms with Crippen LogP contribution in [0.25, 0.3) is 0 Å². The Labute approximate surface area is 126 Å². The van der Waals surface area contributed by atoms with E-state index in [-0.39, 0.29) is 12.7 Å². The van der Waals surface area contributed by atoms with E-state index in [2.05, 4.69) is 17.0 Å². The van der Waals surface area contributed by atoms with Crippen molar-refractivity contribution in [3.8, 4) is 0 Å². The van der Waals surface area contributed by atoms with Crippen LogP contribution in [0.15, 0.2) is 24.3 Å². The van der Waals surface area contributed by atoms with Crippen LogP contribution in [0.2, 0.25) is 0 Å². The lowest BCUT2D eigenvalue weighted by Gasteiger charge is -2.40. The molecule has 1 saturated carbocycles. The molecule has 1 heterocycles. The fraction of sp³-hybridized carbons (Fsp3) is 0.647. The van der Waals surface area contributed by atoms with E-state index in [9.17, 15) is 5.11 Å². The van der Waals surface area contributed by atoms with Crippen LogP contribution < -0.4 is 0 Å². The van der Waals surface area contributed by atoms with Crippen LogP contribution in [0, 0.1) is 5.92 Å². The molecule has 1 aliphatic carbocycles. The monoisotopic (exact) mass is 291 g/mol. The van der Waals surface area contributed by atoms with Gasteiger partial charge in [0.05, 0.1) is 25.9 Å². The van der Waals surface area contributed by atoms with Crippen LogP contribution in [-0.2, 0) is 17.9 Å². The molecule has 0 unspecified atom stereocenters. The number of aliphatic hydroxyl groups is 2. The molecule has 1 aromatic carbocycles. The third-order valence-corrected chi connectivity index (χ3v) is 4.90. The average Bonchev–Trinajstić information content (AvgIpc) is 2.95. The Hall–Kier alpha value is -0.940. The van der Waals surface area contributed by atoms with Crippen LogP contribution in [0.3, 0.4) is 0 Å². The SMILES string of the molecule is OCc1ccc(CN2CCOC[C@@H]2[C@H]2CCC[C@@H]2O)cc1. The Morgan fingerprint density at radius 1 is 1.14 bits per heavy atom. The molecule has 3 rings (SSSR count).